The van der Waals surface area contributed by atoms with Gasteiger partial charge in [-0.05, 0) is 40.2 Å². The van der Waals surface area contributed by atoms with Crippen LogP contribution >= 0.6 is 27.7 Å². The number of halogens is 4. The number of thioether (sulfide) groups is 1. The Bertz CT molecular complexity index is 588. The molecule has 0 aliphatic carbocycles. The van der Waals surface area contributed by atoms with Gasteiger partial charge in [0.1, 0.15) is 0 Å². The summed E-state index contributed by atoms with van der Waals surface area (Å²) in [4.78, 5) is 4.79. The van der Waals surface area contributed by atoms with Crippen LogP contribution in [0.15, 0.2) is 52.0 Å². The molecule has 1 aromatic heterocycles. The van der Waals surface area contributed by atoms with Gasteiger partial charge >= 0.3 is 6.18 Å². The number of rotatable bonds is 5. The Morgan fingerprint density at radius 1 is 1.14 bits per heavy atom. The minimum Gasteiger partial charge on any atom is -0.378 e. The van der Waals surface area contributed by atoms with Crippen molar-refractivity contribution in [1.82, 2.24) is 4.98 Å². The molecule has 0 spiro atoms. The van der Waals surface area contributed by atoms with Crippen LogP contribution in [-0.2, 0) is 6.54 Å². The van der Waals surface area contributed by atoms with Crippen molar-refractivity contribution >= 4 is 33.4 Å². The van der Waals surface area contributed by atoms with Gasteiger partial charge in [-0.25, -0.2) is 0 Å². The highest BCUT2D eigenvalue weighted by Crippen LogP contribution is 2.32. The first-order valence-electron chi connectivity index (χ1n) is 6.07. The first-order chi connectivity index (χ1) is 9.94. The van der Waals surface area contributed by atoms with E-state index in [0.717, 1.165) is 21.9 Å². The molecule has 0 aliphatic rings. The van der Waals surface area contributed by atoms with Gasteiger partial charge < -0.3 is 5.32 Å². The summed E-state index contributed by atoms with van der Waals surface area (Å²) in [6.07, 6.45) is -2.49. The Kier molecular flexibility index (Phi) is 5.52. The number of anilines is 1. The molecule has 2 rings (SSSR count). The van der Waals surface area contributed by atoms with Crippen LogP contribution in [0.3, 0.4) is 0 Å². The van der Waals surface area contributed by atoms with Crippen LogP contribution in [0.25, 0.3) is 0 Å². The standard InChI is InChI=1S/C14H12BrF3N2S/c15-10-5-6-11(19-7-10)8-20-12-3-1-2-4-13(12)21-9-14(16,17)18/h1-7,20H,8-9H2. The number of hydrogen-bond acceptors (Lipinski definition) is 3. The molecular formula is C14H12BrF3N2S. The predicted octanol–water partition coefficient (Wildman–Crippen LogP) is 5.11. The zero-order chi connectivity index (χ0) is 15.3. The lowest BCUT2D eigenvalue weighted by Gasteiger charge is -2.12. The molecule has 0 aliphatic heterocycles. The summed E-state index contributed by atoms with van der Waals surface area (Å²) in [7, 11) is 0. The highest BCUT2D eigenvalue weighted by molar-refractivity contribution is 9.10. The maximum atomic E-state index is 12.3. The lowest BCUT2D eigenvalue weighted by molar-refractivity contribution is -0.105. The van der Waals surface area contributed by atoms with Gasteiger partial charge in [0.15, 0.2) is 0 Å². The third kappa shape index (κ3) is 5.59. The van der Waals surface area contributed by atoms with E-state index in [0.29, 0.717) is 17.1 Å². The van der Waals surface area contributed by atoms with E-state index in [-0.39, 0.29) is 0 Å². The predicted molar refractivity (Wildman–Crippen MR) is 82.5 cm³/mol. The van der Waals surface area contributed by atoms with E-state index in [1.54, 1.807) is 30.5 Å². The summed E-state index contributed by atoms with van der Waals surface area (Å²) in [6, 6.07) is 10.7. The largest absolute Gasteiger partial charge is 0.398 e. The van der Waals surface area contributed by atoms with Gasteiger partial charge in [0.05, 0.1) is 18.0 Å². The quantitative estimate of drug-likeness (QED) is 0.733. The van der Waals surface area contributed by atoms with Gasteiger partial charge in [-0.3, -0.25) is 4.98 Å². The summed E-state index contributed by atoms with van der Waals surface area (Å²) in [5.74, 6) is -0.901. The molecule has 0 amide bonds. The molecule has 0 radical (unpaired) electrons. The second-order valence-corrected chi connectivity index (χ2v) is 6.15. The fourth-order valence-electron chi connectivity index (χ4n) is 1.59. The summed E-state index contributed by atoms with van der Waals surface area (Å²) < 4.78 is 37.8. The number of para-hydroxylation sites is 1. The third-order valence-corrected chi connectivity index (χ3v) is 4.13. The number of alkyl halides is 3. The zero-order valence-electron chi connectivity index (χ0n) is 10.8. The number of benzene rings is 1. The second-order valence-electron chi connectivity index (χ2n) is 4.22. The van der Waals surface area contributed by atoms with Crippen molar-refractivity contribution < 1.29 is 13.2 Å². The Labute approximate surface area is 133 Å². The molecule has 0 saturated heterocycles. The Balaban J connectivity index is 2.01. The van der Waals surface area contributed by atoms with Crippen molar-refractivity contribution in [3.8, 4) is 0 Å². The lowest BCUT2D eigenvalue weighted by Crippen LogP contribution is -2.11. The average molecular weight is 377 g/mol. The molecule has 1 aromatic carbocycles. The lowest BCUT2D eigenvalue weighted by atomic mass is 10.3. The van der Waals surface area contributed by atoms with Crippen molar-refractivity contribution in [3.05, 3.63) is 52.8 Å². The molecule has 112 valence electrons. The molecule has 0 unspecified atom stereocenters. The minimum atomic E-state index is -4.18. The van der Waals surface area contributed by atoms with Crippen LogP contribution in [-0.4, -0.2) is 16.9 Å². The van der Waals surface area contributed by atoms with Crippen LogP contribution < -0.4 is 5.32 Å². The van der Waals surface area contributed by atoms with Gasteiger partial charge in [0, 0.05) is 21.3 Å². The normalized spacial score (nSPS) is 11.4. The van der Waals surface area contributed by atoms with E-state index in [9.17, 15) is 13.2 Å². The van der Waals surface area contributed by atoms with Crippen LogP contribution in [0.5, 0.6) is 0 Å². The van der Waals surface area contributed by atoms with Gasteiger partial charge in [-0.1, -0.05) is 12.1 Å². The molecular weight excluding hydrogens is 365 g/mol. The van der Waals surface area contributed by atoms with Gasteiger partial charge in [0.25, 0.3) is 0 Å². The highest BCUT2D eigenvalue weighted by atomic mass is 79.9. The smallest absolute Gasteiger partial charge is 0.378 e. The third-order valence-electron chi connectivity index (χ3n) is 2.53. The molecule has 0 saturated carbocycles. The van der Waals surface area contributed by atoms with Crippen LogP contribution in [0.1, 0.15) is 5.69 Å². The fourth-order valence-corrected chi connectivity index (χ4v) is 2.62. The van der Waals surface area contributed by atoms with Gasteiger partial charge in [0.2, 0.25) is 0 Å². The van der Waals surface area contributed by atoms with Gasteiger partial charge in [-0.15, -0.1) is 11.8 Å². The Morgan fingerprint density at radius 3 is 2.57 bits per heavy atom. The number of nitrogens with one attached hydrogen (secondary N) is 1. The summed E-state index contributed by atoms with van der Waals surface area (Å²) >= 11 is 4.08. The molecule has 1 N–H and O–H groups in total. The SMILES string of the molecule is FC(F)(F)CSc1ccccc1NCc1ccc(Br)cn1. The molecule has 2 aromatic rings. The maximum Gasteiger partial charge on any atom is 0.398 e. The van der Waals surface area contributed by atoms with Crippen molar-refractivity contribution in [3.63, 3.8) is 0 Å². The van der Waals surface area contributed by atoms with E-state index < -0.39 is 11.9 Å². The minimum absolute atomic E-state index is 0.455. The fraction of sp³-hybridized carbons (Fsp3) is 0.214. The zero-order valence-corrected chi connectivity index (χ0v) is 13.2. The number of aromatic nitrogens is 1. The Morgan fingerprint density at radius 2 is 1.90 bits per heavy atom. The molecule has 21 heavy (non-hydrogen) atoms. The number of pyridine rings is 1. The molecule has 0 atom stereocenters. The van der Waals surface area contributed by atoms with E-state index >= 15 is 0 Å². The molecule has 0 bridgehead atoms. The molecule has 2 nitrogen and oxygen atoms in total. The maximum absolute atomic E-state index is 12.3. The second kappa shape index (κ2) is 7.17. The van der Waals surface area contributed by atoms with Crippen molar-refractivity contribution in [1.29, 1.82) is 0 Å². The van der Waals surface area contributed by atoms with Gasteiger partial charge in [-0.2, -0.15) is 13.2 Å². The van der Waals surface area contributed by atoms with E-state index in [1.807, 2.05) is 12.1 Å². The highest BCUT2D eigenvalue weighted by Gasteiger charge is 2.27. The van der Waals surface area contributed by atoms with E-state index in [1.165, 1.54) is 0 Å². The average Bonchev–Trinajstić information content (AvgIpc) is 2.44. The molecule has 1 heterocycles. The van der Waals surface area contributed by atoms with Crippen molar-refractivity contribution in [2.24, 2.45) is 0 Å². The monoisotopic (exact) mass is 376 g/mol. The summed E-state index contributed by atoms with van der Waals surface area (Å²) in [6.45, 7) is 0.455. The first kappa shape index (κ1) is 16.2. The van der Waals surface area contributed by atoms with Crippen LogP contribution in [0.2, 0.25) is 0 Å². The summed E-state index contributed by atoms with van der Waals surface area (Å²) in [5, 5.41) is 3.12. The number of nitrogens with zero attached hydrogens (tertiary/aromatic N) is 1. The van der Waals surface area contributed by atoms with E-state index in [2.05, 4.69) is 26.2 Å². The van der Waals surface area contributed by atoms with Crippen molar-refractivity contribution in [2.45, 2.75) is 17.6 Å². The first-order valence-corrected chi connectivity index (χ1v) is 7.85. The molecule has 0 fully saturated rings. The van der Waals surface area contributed by atoms with Crippen LogP contribution in [0, 0.1) is 0 Å². The molecule has 7 heteroatoms. The summed E-state index contributed by atoms with van der Waals surface area (Å²) in [5.41, 5.74) is 1.49. The van der Waals surface area contributed by atoms with Crippen molar-refractivity contribution in [2.75, 3.05) is 11.1 Å². The number of hydrogen-bond donors (Lipinski definition) is 1. The topological polar surface area (TPSA) is 24.9 Å². The Hall–Kier alpha value is -1.21. The van der Waals surface area contributed by atoms with Crippen LogP contribution in [0.4, 0.5) is 18.9 Å². The van der Waals surface area contributed by atoms with E-state index in [4.69, 9.17) is 0 Å².